The number of benzene rings is 3. The van der Waals surface area contributed by atoms with Gasteiger partial charge in [0, 0.05) is 36.8 Å². The van der Waals surface area contributed by atoms with Crippen LogP contribution >= 0.6 is 0 Å². The minimum absolute atomic E-state index is 0.00660. The molecule has 0 aliphatic carbocycles. The number of sulfonamides is 1. The van der Waals surface area contributed by atoms with Crippen molar-refractivity contribution in [3.63, 3.8) is 0 Å². The van der Waals surface area contributed by atoms with Gasteiger partial charge in [-0.05, 0) is 60.9 Å². The summed E-state index contributed by atoms with van der Waals surface area (Å²) in [6.07, 6.45) is 1.35. The Hall–Kier alpha value is -4.27. The predicted octanol–water partition coefficient (Wildman–Crippen LogP) is 5.03. The minimum Gasteiger partial charge on any atom is -0.494 e. The van der Waals surface area contributed by atoms with Gasteiger partial charge < -0.3 is 34.7 Å². The number of aliphatic hydroxyl groups is 1. The number of nitrogens with zero attached hydrogens (tertiary/aromatic N) is 2. The van der Waals surface area contributed by atoms with Crippen LogP contribution in [-0.2, 0) is 37.1 Å². The average Bonchev–Trinajstić information content (AvgIpc) is 3.83. The number of rotatable bonds is 16. The molecule has 1 amide bonds. The van der Waals surface area contributed by atoms with Gasteiger partial charge in [0.25, 0.3) is 0 Å². The summed E-state index contributed by atoms with van der Waals surface area (Å²) < 4.78 is 46.8. The summed E-state index contributed by atoms with van der Waals surface area (Å²) >= 11 is 0. The minimum atomic E-state index is -4.15. The van der Waals surface area contributed by atoms with E-state index in [4.69, 9.17) is 14.2 Å². The van der Waals surface area contributed by atoms with Crippen LogP contribution in [0, 0.1) is 11.8 Å². The predicted molar refractivity (Wildman–Crippen MR) is 198 cm³/mol. The van der Waals surface area contributed by atoms with Gasteiger partial charge in [-0.3, -0.25) is 4.99 Å². The Balaban J connectivity index is 1.19. The number of aliphatic hydroxyl groups excluding tert-OH is 1. The number of aromatic hydroxyl groups is 1. The van der Waals surface area contributed by atoms with Crippen molar-refractivity contribution in [1.82, 2.24) is 14.6 Å². The first-order valence-corrected chi connectivity index (χ1v) is 19.3. The zero-order valence-corrected chi connectivity index (χ0v) is 30.4. The highest BCUT2D eigenvalue weighted by molar-refractivity contribution is 7.89. The Labute approximate surface area is 304 Å². The number of aryl methyl sites for hydroxylation is 1. The molecule has 5 atom stereocenters. The molecule has 4 aromatic rings. The van der Waals surface area contributed by atoms with Gasteiger partial charge in [0.15, 0.2) is 12.2 Å². The van der Waals surface area contributed by atoms with Crippen LogP contribution in [0.3, 0.4) is 0 Å². The fourth-order valence-electron chi connectivity index (χ4n) is 6.83. The highest BCUT2D eigenvalue weighted by Gasteiger charge is 2.44. The van der Waals surface area contributed by atoms with E-state index < -0.39 is 34.4 Å². The average molecular weight is 733 g/mol. The number of fused-ring (bicyclic) bond motifs is 2. The fourth-order valence-corrected chi connectivity index (χ4v) is 8.48. The Morgan fingerprint density at radius 2 is 1.79 bits per heavy atom. The van der Waals surface area contributed by atoms with Gasteiger partial charge in [0.2, 0.25) is 10.0 Å². The standard InChI is InChI=1S/C39H48N4O8S/c1-26(2)23-43(24-35(44)34(20-28-12-7-4-8-13-28)42-39(46)51-36-25-50-38-30(36)17-19-49-38)52(47,48)29-15-16-33-31(21-29)32(37(45)41-33)22-40-18-9-14-27-10-5-3-6-11-27/h3-8,10-13,15-16,21-22,26,30,34-36,38,41,44-45H,9,14,17-20,23-25H2,1-2H3,(H,42,46)/t30?,34-,35+,36-,38?/m0/s1. The van der Waals surface area contributed by atoms with Crippen molar-refractivity contribution < 1.29 is 37.6 Å². The molecule has 2 unspecified atom stereocenters. The summed E-state index contributed by atoms with van der Waals surface area (Å²) in [7, 11) is -4.15. The van der Waals surface area contributed by atoms with Crippen LogP contribution in [0.25, 0.3) is 10.9 Å². The molecule has 6 rings (SSSR count). The Bertz CT molecular complexity index is 1920. The summed E-state index contributed by atoms with van der Waals surface area (Å²) in [6, 6.07) is 23.2. The van der Waals surface area contributed by atoms with E-state index in [1.165, 1.54) is 22.0 Å². The third-order valence-corrected chi connectivity index (χ3v) is 11.3. The number of hydrogen-bond acceptors (Lipinski definition) is 9. The van der Waals surface area contributed by atoms with Crippen molar-refractivity contribution in [2.45, 2.75) is 69.0 Å². The molecule has 13 heteroatoms. The summed E-state index contributed by atoms with van der Waals surface area (Å²) in [4.78, 5) is 20.6. The lowest BCUT2D eigenvalue weighted by molar-refractivity contribution is -0.0907. The zero-order valence-electron chi connectivity index (χ0n) is 29.6. The maximum Gasteiger partial charge on any atom is 0.407 e. The second-order valence-electron chi connectivity index (χ2n) is 13.9. The third kappa shape index (κ3) is 9.20. The first-order valence-electron chi connectivity index (χ1n) is 17.9. The number of aliphatic imine (C=N–C) groups is 1. The normalized spacial score (nSPS) is 20.1. The van der Waals surface area contributed by atoms with Crippen LogP contribution < -0.4 is 5.32 Å². The van der Waals surface area contributed by atoms with Crippen molar-refractivity contribution in [3.05, 3.63) is 95.6 Å². The van der Waals surface area contributed by atoms with Crippen LogP contribution in [0.4, 0.5) is 4.79 Å². The molecule has 2 aliphatic rings. The SMILES string of the molecule is CC(C)CN(C[C@@H](O)[C@H](Cc1ccccc1)NC(=O)O[C@H]1COC2OCCC21)S(=O)(=O)c1ccc2[nH]c(O)c(C=NCCCc3ccccc3)c2c1. The van der Waals surface area contributed by atoms with Gasteiger partial charge in [-0.25, -0.2) is 13.2 Å². The quantitative estimate of drug-likeness (QED) is 0.0921. The fraction of sp³-hybridized carbons (Fsp3) is 0.436. The summed E-state index contributed by atoms with van der Waals surface area (Å²) in [5.41, 5.74) is 3.03. The first-order chi connectivity index (χ1) is 25.1. The molecule has 12 nitrogen and oxygen atoms in total. The van der Waals surface area contributed by atoms with Gasteiger partial charge in [-0.15, -0.1) is 0 Å². The van der Waals surface area contributed by atoms with E-state index in [9.17, 15) is 23.4 Å². The van der Waals surface area contributed by atoms with Crippen molar-refractivity contribution in [1.29, 1.82) is 0 Å². The Kier molecular flexibility index (Phi) is 12.3. The highest BCUT2D eigenvalue weighted by Crippen LogP contribution is 2.33. The third-order valence-electron chi connectivity index (χ3n) is 9.51. The molecular weight excluding hydrogens is 685 g/mol. The Morgan fingerprint density at radius 3 is 2.52 bits per heavy atom. The van der Waals surface area contributed by atoms with Crippen molar-refractivity contribution in [2.75, 3.05) is 32.8 Å². The Morgan fingerprint density at radius 1 is 1.06 bits per heavy atom. The van der Waals surface area contributed by atoms with Crippen molar-refractivity contribution in [3.8, 4) is 5.88 Å². The molecule has 0 spiro atoms. The van der Waals surface area contributed by atoms with Crippen molar-refractivity contribution >= 4 is 33.2 Å². The largest absolute Gasteiger partial charge is 0.494 e. The highest BCUT2D eigenvalue weighted by atomic mass is 32.2. The second-order valence-corrected chi connectivity index (χ2v) is 15.8. The monoisotopic (exact) mass is 732 g/mol. The molecule has 0 saturated carbocycles. The lowest BCUT2D eigenvalue weighted by Gasteiger charge is -2.31. The van der Waals surface area contributed by atoms with Gasteiger partial charge in [-0.1, -0.05) is 74.5 Å². The maximum absolute atomic E-state index is 14.3. The number of nitrogens with one attached hydrogen (secondary N) is 2. The lowest BCUT2D eigenvalue weighted by atomic mass is 10.0. The maximum atomic E-state index is 14.3. The van der Waals surface area contributed by atoms with E-state index >= 15 is 0 Å². The van der Waals surface area contributed by atoms with Crippen LogP contribution in [0.2, 0.25) is 0 Å². The molecule has 4 N–H and O–H groups in total. The number of ether oxygens (including phenoxy) is 3. The number of H-pyrrole nitrogens is 1. The van der Waals surface area contributed by atoms with E-state index in [1.54, 1.807) is 12.3 Å². The molecule has 1 aromatic heterocycles. The summed E-state index contributed by atoms with van der Waals surface area (Å²) in [5, 5.41) is 25.7. The van der Waals surface area contributed by atoms with Crippen molar-refractivity contribution in [2.24, 2.45) is 16.8 Å². The first kappa shape index (κ1) is 37.5. The van der Waals surface area contributed by atoms with E-state index in [1.807, 2.05) is 62.4 Å². The molecule has 2 aliphatic heterocycles. The molecule has 3 heterocycles. The number of amides is 1. The number of carbonyl (C=O) groups excluding carboxylic acids is 1. The van der Waals surface area contributed by atoms with Crippen LogP contribution in [0.5, 0.6) is 5.88 Å². The number of hydrogen-bond donors (Lipinski definition) is 4. The van der Waals surface area contributed by atoms with E-state index in [0.29, 0.717) is 29.6 Å². The number of alkyl carbamates (subject to hydrolysis) is 1. The van der Waals surface area contributed by atoms with Crippen LogP contribution in [-0.4, -0.2) is 97.6 Å². The van der Waals surface area contributed by atoms with Crippen LogP contribution in [0.15, 0.2) is 88.8 Å². The van der Waals surface area contributed by atoms with E-state index in [-0.39, 0.29) is 55.0 Å². The number of aromatic amines is 1. The zero-order chi connectivity index (χ0) is 36.7. The van der Waals surface area contributed by atoms with Gasteiger partial charge >= 0.3 is 6.09 Å². The summed E-state index contributed by atoms with van der Waals surface area (Å²) in [5.74, 6) is -0.233. The van der Waals surface area contributed by atoms with Gasteiger partial charge in [-0.2, -0.15) is 4.31 Å². The molecule has 2 fully saturated rings. The van der Waals surface area contributed by atoms with E-state index in [0.717, 1.165) is 24.8 Å². The molecule has 0 bridgehead atoms. The lowest BCUT2D eigenvalue weighted by Crippen LogP contribution is -2.51. The molecule has 3 aromatic carbocycles. The van der Waals surface area contributed by atoms with Gasteiger partial charge in [0.1, 0.15) is 6.10 Å². The summed E-state index contributed by atoms with van der Waals surface area (Å²) in [6.45, 7) is 4.93. The smallest absolute Gasteiger partial charge is 0.407 e. The van der Waals surface area contributed by atoms with Crippen LogP contribution in [0.1, 0.15) is 43.4 Å². The molecule has 2 saturated heterocycles. The number of carbonyl (C=O) groups is 1. The molecule has 278 valence electrons. The molecular formula is C39H48N4O8S. The molecule has 52 heavy (non-hydrogen) atoms. The number of aromatic nitrogens is 1. The van der Waals surface area contributed by atoms with Gasteiger partial charge in [0.05, 0.1) is 41.7 Å². The second kappa shape index (κ2) is 17.0. The topological polar surface area (TPSA) is 163 Å². The molecule has 0 radical (unpaired) electrons. The van der Waals surface area contributed by atoms with E-state index in [2.05, 4.69) is 27.4 Å².